The number of hydrogen-bond donors (Lipinski definition) is 0. The van der Waals surface area contributed by atoms with E-state index < -0.39 is 0 Å². The van der Waals surface area contributed by atoms with Gasteiger partial charge in [0.15, 0.2) is 0 Å². The summed E-state index contributed by atoms with van der Waals surface area (Å²) >= 11 is 0. The highest BCUT2D eigenvalue weighted by atomic mass is 16.5. The standard InChI is InChI=1S/C12H22O2.C2H6/c1-6-11(9-13-8-3)14-10-12(4,5)7-2;1-2/h2,11H,6,8-10H2,1,3-5H3;1-2H3. The van der Waals surface area contributed by atoms with Gasteiger partial charge in [-0.05, 0) is 27.2 Å². The summed E-state index contributed by atoms with van der Waals surface area (Å²) in [4.78, 5) is 0. The normalized spacial score (nSPS) is 12.3. The molecule has 0 saturated heterocycles. The fourth-order valence-electron chi connectivity index (χ4n) is 0.901. The van der Waals surface area contributed by atoms with E-state index in [2.05, 4.69) is 12.8 Å². The van der Waals surface area contributed by atoms with E-state index in [-0.39, 0.29) is 11.5 Å². The fraction of sp³-hybridized carbons (Fsp3) is 0.857. The van der Waals surface area contributed by atoms with Gasteiger partial charge in [-0.2, -0.15) is 0 Å². The van der Waals surface area contributed by atoms with E-state index in [0.29, 0.717) is 13.2 Å². The number of hydrogen-bond acceptors (Lipinski definition) is 2. The summed E-state index contributed by atoms with van der Waals surface area (Å²) in [6, 6.07) is 0. The van der Waals surface area contributed by atoms with Gasteiger partial charge in [-0.3, -0.25) is 0 Å². The van der Waals surface area contributed by atoms with Crippen molar-refractivity contribution in [2.75, 3.05) is 19.8 Å². The van der Waals surface area contributed by atoms with E-state index in [1.165, 1.54) is 0 Å². The van der Waals surface area contributed by atoms with Crippen molar-refractivity contribution in [2.45, 2.75) is 54.1 Å². The number of ether oxygens (including phenoxy) is 2. The molecule has 0 saturated carbocycles. The van der Waals surface area contributed by atoms with Gasteiger partial charge < -0.3 is 9.47 Å². The van der Waals surface area contributed by atoms with E-state index in [9.17, 15) is 0 Å². The minimum absolute atomic E-state index is 0.169. The molecular formula is C14H28O2. The van der Waals surface area contributed by atoms with Crippen LogP contribution in [0.25, 0.3) is 0 Å². The molecule has 0 aromatic heterocycles. The predicted octanol–water partition coefficient (Wildman–Crippen LogP) is 3.50. The topological polar surface area (TPSA) is 18.5 Å². The monoisotopic (exact) mass is 228 g/mol. The van der Waals surface area contributed by atoms with Crippen LogP contribution in [0.5, 0.6) is 0 Å². The van der Waals surface area contributed by atoms with Crippen molar-refractivity contribution in [3.63, 3.8) is 0 Å². The third-order valence-electron chi connectivity index (χ3n) is 2.03. The second-order valence-corrected chi connectivity index (χ2v) is 4.03. The van der Waals surface area contributed by atoms with E-state index in [1.807, 2.05) is 34.6 Å². The van der Waals surface area contributed by atoms with Crippen molar-refractivity contribution < 1.29 is 9.47 Å². The molecule has 16 heavy (non-hydrogen) atoms. The average Bonchev–Trinajstić information content (AvgIpc) is 2.32. The molecule has 0 N–H and O–H groups in total. The highest BCUT2D eigenvalue weighted by Crippen LogP contribution is 2.15. The molecule has 0 radical (unpaired) electrons. The Morgan fingerprint density at radius 2 is 1.81 bits per heavy atom. The van der Waals surface area contributed by atoms with E-state index in [4.69, 9.17) is 15.9 Å². The van der Waals surface area contributed by atoms with Crippen LogP contribution in [-0.4, -0.2) is 25.9 Å². The maximum atomic E-state index is 5.68. The molecule has 1 atom stereocenters. The summed E-state index contributed by atoms with van der Waals surface area (Å²) in [5.74, 6) is 2.71. The third kappa shape index (κ3) is 10.0. The van der Waals surface area contributed by atoms with Crippen LogP contribution >= 0.6 is 0 Å². The van der Waals surface area contributed by atoms with Crippen LogP contribution < -0.4 is 0 Å². The fourth-order valence-corrected chi connectivity index (χ4v) is 0.901. The zero-order valence-electron chi connectivity index (χ0n) is 11.8. The molecule has 0 aromatic rings. The van der Waals surface area contributed by atoms with Crippen molar-refractivity contribution in [2.24, 2.45) is 5.41 Å². The Morgan fingerprint density at radius 1 is 1.25 bits per heavy atom. The molecule has 0 rings (SSSR count). The number of terminal acetylenes is 1. The van der Waals surface area contributed by atoms with Crippen LogP contribution in [0.2, 0.25) is 0 Å². The Hall–Kier alpha value is -0.520. The zero-order valence-corrected chi connectivity index (χ0v) is 11.8. The lowest BCUT2D eigenvalue weighted by Crippen LogP contribution is -2.26. The summed E-state index contributed by atoms with van der Waals surface area (Å²) in [7, 11) is 0. The van der Waals surface area contributed by atoms with Crippen molar-refractivity contribution in [1.82, 2.24) is 0 Å². The first-order chi connectivity index (χ1) is 7.55. The lowest BCUT2D eigenvalue weighted by atomic mass is 9.96. The van der Waals surface area contributed by atoms with Gasteiger partial charge in [-0.1, -0.05) is 26.7 Å². The van der Waals surface area contributed by atoms with Gasteiger partial charge >= 0.3 is 0 Å². The van der Waals surface area contributed by atoms with Gasteiger partial charge in [0.25, 0.3) is 0 Å². The number of rotatable bonds is 7. The second-order valence-electron chi connectivity index (χ2n) is 4.03. The molecule has 0 spiro atoms. The van der Waals surface area contributed by atoms with E-state index in [1.54, 1.807) is 0 Å². The molecule has 0 fully saturated rings. The molecule has 0 bridgehead atoms. The van der Waals surface area contributed by atoms with Crippen LogP contribution in [-0.2, 0) is 9.47 Å². The summed E-state index contributed by atoms with van der Waals surface area (Å²) in [5, 5.41) is 0. The van der Waals surface area contributed by atoms with Gasteiger partial charge in [0.05, 0.1) is 19.3 Å². The molecule has 0 amide bonds. The minimum Gasteiger partial charge on any atom is -0.379 e. The molecule has 0 aliphatic carbocycles. The van der Waals surface area contributed by atoms with Crippen molar-refractivity contribution in [3.8, 4) is 12.3 Å². The van der Waals surface area contributed by atoms with Gasteiger partial charge in [0.1, 0.15) is 0 Å². The Bertz CT molecular complexity index is 180. The highest BCUT2D eigenvalue weighted by Gasteiger charge is 2.17. The van der Waals surface area contributed by atoms with Crippen LogP contribution in [0.15, 0.2) is 0 Å². The molecule has 2 nitrogen and oxygen atoms in total. The largest absolute Gasteiger partial charge is 0.379 e. The Labute approximate surface area is 102 Å². The van der Waals surface area contributed by atoms with Gasteiger partial charge in [-0.25, -0.2) is 0 Å². The molecule has 0 aliphatic rings. The van der Waals surface area contributed by atoms with Crippen LogP contribution in [0.4, 0.5) is 0 Å². The predicted molar refractivity (Wildman–Crippen MR) is 70.5 cm³/mol. The Balaban J connectivity index is 0. The van der Waals surface area contributed by atoms with Crippen LogP contribution in [0, 0.1) is 17.8 Å². The molecular weight excluding hydrogens is 200 g/mol. The second kappa shape index (κ2) is 11.0. The highest BCUT2D eigenvalue weighted by molar-refractivity contribution is 5.00. The minimum atomic E-state index is -0.181. The maximum absolute atomic E-state index is 5.68. The Morgan fingerprint density at radius 3 is 2.19 bits per heavy atom. The van der Waals surface area contributed by atoms with Crippen molar-refractivity contribution in [1.29, 1.82) is 0 Å². The summed E-state index contributed by atoms with van der Waals surface area (Å²) in [6.07, 6.45) is 6.50. The summed E-state index contributed by atoms with van der Waals surface area (Å²) in [5.41, 5.74) is -0.181. The van der Waals surface area contributed by atoms with Crippen LogP contribution in [0.1, 0.15) is 48.0 Å². The van der Waals surface area contributed by atoms with Crippen molar-refractivity contribution >= 4 is 0 Å². The summed E-state index contributed by atoms with van der Waals surface area (Å²) < 4.78 is 11.0. The summed E-state index contributed by atoms with van der Waals surface area (Å²) in [6.45, 7) is 14.1. The van der Waals surface area contributed by atoms with Gasteiger partial charge in [0, 0.05) is 12.0 Å². The SMILES string of the molecule is C#CC(C)(C)COC(CC)COCC.CC. The van der Waals surface area contributed by atoms with E-state index in [0.717, 1.165) is 13.0 Å². The molecule has 2 heteroatoms. The first kappa shape index (κ1) is 17.9. The molecule has 1 unspecified atom stereocenters. The Kier molecular flexibility index (Phi) is 12.3. The smallest absolute Gasteiger partial charge is 0.0806 e. The van der Waals surface area contributed by atoms with Crippen molar-refractivity contribution in [3.05, 3.63) is 0 Å². The van der Waals surface area contributed by atoms with Gasteiger partial charge in [-0.15, -0.1) is 6.42 Å². The van der Waals surface area contributed by atoms with Crippen LogP contribution in [0.3, 0.4) is 0 Å². The quantitative estimate of drug-likeness (QED) is 0.621. The first-order valence-corrected chi connectivity index (χ1v) is 6.22. The molecule has 0 aromatic carbocycles. The van der Waals surface area contributed by atoms with E-state index >= 15 is 0 Å². The lowest BCUT2D eigenvalue weighted by Gasteiger charge is -2.22. The molecule has 96 valence electrons. The zero-order chi connectivity index (χ0) is 13.0. The average molecular weight is 228 g/mol. The third-order valence-corrected chi connectivity index (χ3v) is 2.03. The lowest BCUT2D eigenvalue weighted by molar-refractivity contribution is -0.0335. The van der Waals surface area contributed by atoms with Gasteiger partial charge in [0.2, 0.25) is 0 Å². The molecule has 0 heterocycles. The maximum Gasteiger partial charge on any atom is 0.0806 e. The first-order valence-electron chi connectivity index (χ1n) is 6.22. The molecule has 0 aliphatic heterocycles.